The molecule has 1 atom stereocenters. The van der Waals surface area contributed by atoms with Crippen molar-refractivity contribution in [2.75, 3.05) is 6.54 Å². The van der Waals surface area contributed by atoms with Crippen LogP contribution in [-0.4, -0.2) is 30.9 Å². The number of hydrogen-bond donors (Lipinski definition) is 3. The first-order valence-electron chi connectivity index (χ1n) is 10.8. The number of nitrogens with one attached hydrogen (secondary N) is 2. The Bertz CT molecular complexity index is 1550. The summed E-state index contributed by atoms with van der Waals surface area (Å²) < 4.78 is 18.1. The SMILES string of the molecule is Cc1[nH]c2ccc(F)cc2c1-c1n[nH]c(=O)n1-c1c2n(c3ccccc13)CCC(CN)C2. The number of aromatic nitrogens is 5. The minimum atomic E-state index is -0.334. The van der Waals surface area contributed by atoms with Crippen molar-refractivity contribution in [2.45, 2.75) is 26.3 Å². The number of nitrogens with zero attached hydrogens (tertiary/aromatic N) is 3. The van der Waals surface area contributed by atoms with Crippen LogP contribution in [0.3, 0.4) is 0 Å². The molecule has 8 heteroatoms. The van der Waals surface area contributed by atoms with Gasteiger partial charge in [-0.3, -0.25) is 0 Å². The number of nitrogens with two attached hydrogens (primary N) is 1. The van der Waals surface area contributed by atoms with Crippen molar-refractivity contribution in [3.63, 3.8) is 0 Å². The molecule has 0 amide bonds. The molecule has 162 valence electrons. The molecule has 0 spiro atoms. The number of aryl methyl sites for hydroxylation is 2. The smallest absolute Gasteiger partial charge is 0.348 e. The molecule has 1 unspecified atom stereocenters. The number of fused-ring (bicyclic) bond motifs is 4. The van der Waals surface area contributed by atoms with Gasteiger partial charge in [0.15, 0.2) is 5.82 Å². The number of halogens is 1. The topological polar surface area (TPSA) is 97.4 Å². The van der Waals surface area contributed by atoms with Crippen molar-refractivity contribution < 1.29 is 4.39 Å². The molecular weight excluding hydrogens is 407 g/mol. The largest absolute Gasteiger partial charge is 0.358 e. The van der Waals surface area contributed by atoms with Gasteiger partial charge in [0.1, 0.15) is 5.82 Å². The third-order valence-electron chi connectivity index (χ3n) is 6.69. The second-order valence-electron chi connectivity index (χ2n) is 8.56. The first-order valence-corrected chi connectivity index (χ1v) is 10.8. The van der Waals surface area contributed by atoms with Crippen LogP contribution >= 0.6 is 0 Å². The van der Waals surface area contributed by atoms with Crippen molar-refractivity contribution in [1.82, 2.24) is 24.3 Å². The maximum Gasteiger partial charge on any atom is 0.348 e. The summed E-state index contributed by atoms with van der Waals surface area (Å²) in [5.74, 6) is 0.499. The molecule has 1 aliphatic heterocycles. The van der Waals surface area contributed by atoms with Crippen LogP contribution in [0.1, 0.15) is 17.8 Å². The molecule has 0 saturated heterocycles. The molecule has 5 aromatic rings. The minimum Gasteiger partial charge on any atom is -0.358 e. The van der Waals surface area contributed by atoms with E-state index in [2.05, 4.69) is 25.8 Å². The van der Waals surface area contributed by atoms with Crippen molar-refractivity contribution in [1.29, 1.82) is 0 Å². The average molecular weight is 430 g/mol. The molecule has 0 radical (unpaired) electrons. The van der Waals surface area contributed by atoms with Gasteiger partial charge in [0, 0.05) is 39.8 Å². The summed E-state index contributed by atoms with van der Waals surface area (Å²) in [5.41, 5.74) is 11.0. The second kappa shape index (κ2) is 6.93. The lowest BCUT2D eigenvalue weighted by Gasteiger charge is -2.24. The predicted molar refractivity (Wildman–Crippen MR) is 123 cm³/mol. The molecule has 4 heterocycles. The molecule has 4 N–H and O–H groups in total. The minimum absolute atomic E-state index is 0.320. The Labute approximate surface area is 182 Å². The molecule has 0 bridgehead atoms. The van der Waals surface area contributed by atoms with E-state index in [1.165, 1.54) is 12.1 Å². The molecule has 7 nitrogen and oxygen atoms in total. The Hall–Kier alpha value is -3.65. The van der Waals surface area contributed by atoms with E-state index >= 15 is 0 Å². The van der Waals surface area contributed by atoms with Gasteiger partial charge in [0.25, 0.3) is 0 Å². The lowest BCUT2D eigenvalue weighted by atomic mass is 9.95. The second-order valence-corrected chi connectivity index (χ2v) is 8.56. The summed E-state index contributed by atoms with van der Waals surface area (Å²) in [4.78, 5) is 16.4. The first kappa shape index (κ1) is 19.1. The molecule has 2 aromatic carbocycles. The van der Waals surface area contributed by atoms with E-state index in [0.29, 0.717) is 29.2 Å². The number of hydrogen-bond acceptors (Lipinski definition) is 3. The number of H-pyrrole nitrogens is 2. The van der Waals surface area contributed by atoms with Crippen LogP contribution in [0, 0.1) is 18.7 Å². The maximum atomic E-state index is 14.1. The van der Waals surface area contributed by atoms with E-state index in [1.807, 2.05) is 25.1 Å². The average Bonchev–Trinajstić information content (AvgIpc) is 3.43. The maximum absolute atomic E-state index is 14.1. The third-order valence-corrected chi connectivity index (χ3v) is 6.69. The number of aromatic amines is 2. The van der Waals surface area contributed by atoms with E-state index in [1.54, 1.807) is 10.6 Å². The van der Waals surface area contributed by atoms with Crippen LogP contribution in [-0.2, 0) is 13.0 Å². The molecule has 6 rings (SSSR count). The fourth-order valence-corrected chi connectivity index (χ4v) is 5.20. The van der Waals surface area contributed by atoms with E-state index in [9.17, 15) is 9.18 Å². The molecule has 1 aliphatic rings. The van der Waals surface area contributed by atoms with E-state index < -0.39 is 0 Å². The summed E-state index contributed by atoms with van der Waals surface area (Å²) in [6, 6.07) is 12.7. The molecule has 0 fully saturated rings. The van der Waals surface area contributed by atoms with Gasteiger partial charge in [-0.05, 0) is 56.5 Å². The zero-order valence-electron chi connectivity index (χ0n) is 17.7. The fraction of sp³-hybridized carbons (Fsp3) is 0.250. The van der Waals surface area contributed by atoms with Gasteiger partial charge in [0.2, 0.25) is 0 Å². The predicted octanol–water partition coefficient (Wildman–Crippen LogP) is 3.63. The molecular formula is C24H23FN6O. The number of rotatable bonds is 3. The van der Waals surface area contributed by atoms with Gasteiger partial charge in [-0.2, -0.15) is 5.10 Å². The van der Waals surface area contributed by atoms with Gasteiger partial charge in [-0.25, -0.2) is 18.9 Å². The van der Waals surface area contributed by atoms with Crippen molar-refractivity contribution >= 4 is 21.8 Å². The Morgan fingerprint density at radius 3 is 2.91 bits per heavy atom. The molecule has 32 heavy (non-hydrogen) atoms. The van der Waals surface area contributed by atoms with Crippen LogP contribution in [0.15, 0.2) is 47.3 Å². The van der Waals surface area contributed by atoms with Gasteiger partial charge in [-0.1, -0.05) is 18.2 Å². The fourth-order valence-electron chi connectivity index (χ4n) is 5.20. The van der Waals surface area contributed by atoms with Crippen molar-refractivity contribution in [3.05, 3.63) is 70.2 Å². The highest BCUT2D eigenvalue weighted by atomic mass is 19.1. The highest BCUT2D eigenvalue weighted by Crippen LogP contribution is 2.38. The van der Waals surface area contributed by atoms with Crippen LogP contribution in [0.5, 0.6) is 0 Å². The van der Waals surface area contributed by atoms with Gasteiger partial charge < -0.3 is 15.3 Å². The van der Waals surface area contributed by atoms with E-state index in [-0.39, 0.29) is 11.5 Å². The monoisotopic (exact) mass is 430 g/mol. The van der Waals surface area contributed by atoms with Crippen LogP contribution in [0.4, 0.5) is 4.39 Å². The number of benzene rings is 2. The Balaban J connectivity index is 1.69. The highest BCUT2D eigenvalue weighted by molar-refractivity contribution is 5.97. The summed E-state index contributed by atoms with van der Waals surface area (Å²) in [7, 11) is 0. The Kier molecular flexibility index (Phi) is 4.13. The van der Waals surface area contributed by atoms with Crippen molar-refractivity contribution in [3.8, 4) is 17.1 Å². The lowest BCUT2D eigenvalue weighted by Crippen LogP contribution is -2.27. The summed E-state index contributed by atoms with van der Waals surface area (Å²) in [5, 5.41) is 8.72. The van der Waals surface area contributed by atoms with E-state index in [4.69, 9.17) is 5.73 Å². The Morgan fingerprint density at radius 2 is 2.06 bits per heavy atom. The standard InChI is InChI=1S/C24H23FN6O/c1-13-21(17-11-15(25)6-7-18(17)27-13)23-28-29-24(32)31(23)22-16-4-2-3-5-19(16)30-9-8-14(12-26)10-20(22)30/h2-7,11,14,27H,8-10,12,26H2,1H3,(H,29,32). The van der Waals surface area contributed by atoms with Crippen LogP contribution in [0.25, 0.3) is 38.9 Å². The summed E-state index contributed by atoms with van der Waals surface area (Å²) in [6.07, 6.45) is 1.80. The highest BCUT2D eigenvalue weighted by Gasteiger charge is 2.29. The van der Waals surface area contributed by atoms with Crippen LogP contribution < -0.4 is 11.4 Å². The molecule has 3 aromatic heterocycles. The molecule has 0 saturated carbocycles. The van der Waals surface area contributed by atoms with E-state index in [0.717, 1.165) is 52.9 Å². The summed E-state index contributed by atoms with van der Waals surface area (Å²) in [6.45, 7) is 3.38. The third kappa shape index (κ3) is 2.62. The van der Waals surface area contributed by atoms with Gasteiger partial charge in [0.05, 0.1) is 11.2 Å². The molecule has 0 aliphatic carbocycles. The Morgan fingerprint density at radius 1 is 1.22 bits per heavy atom. The summed E-state index contributed by atoms with van der Waals surface area (Å²) >= 11 is 0. The number of para-hydroxylation sites is 1. The van der Waals surface area contributed by atoms with Gasteiger partial charge >= 0.3 is 5.69 Å². The quantitative estimate of drug-likeness (QED) is 0.408. The first-order chi connectivity index (χ1) is 15.6. The van der Waals surface area contributed by atoms with Crippen LogP contribution in [0.2, 0.25) is 0 Å². The zero-order valence-corrected chi connectivity index (χ0v) is 17.7. The van der Waals surface area contributed by atoms with Gasteiger partial charge in [-0.15, -0.1) is 0 Å². The normalized spacial score (nSPS) is 16.2. The van der Waals surface area contributed by atoms with Crippen molar-refractivity contribution in [2.24, 2.45) is 11.7 Å². The zero-order chi connectivity index (χ0) is 22.0. The lowest BCUT2D eigenvalue weighted by molar-refractivity contribution is 0.401.